The molecule has 1 amide bonds. The molecule has 0 saturated carbocycles. The first-order chi connectivity index (χ1) is 13.5. The highest BCUT2D eigenvalue weighted by Crippen LogP contribution is 2.26. The number of fused-ring (bicyclic) bond motifs is 1. The molecule has 0 radical (unpaired) electrons. The molecule has 142 valence electrons. The highest BCUT2D eigenvalue weighted by Gasteiger charge is 2.14. The molecule has 4 aromatic rings. The average molecular weight is 393 g/mol. The summed E-state index contributed by atoms with van der Waals surface area (Å²) in [7, 11) is 1.60. The second-order valence-electron chi connectivity index (χ2n) is 6.28. The number of nitrogens with one attached hydrogen (secondary N) is 1. The van der Waals surface area contributed by atoms with Gasteiger partial charge in [-0.3, -0.25) is 4.79 Å². The molecule has 0 aliphatic heterocycles. The number of aromatic nitrogens is 3. The van der Waals surface area contributed by atoms with Gasteiger partial charge in [-0.2, -0.15) is 4.52 Å². The smallest absolute Gasteiger partial charge is 0.251 e. The summed E-state index contributed by atoms with van der Waals surface area (Å²) in [6.45, 7) is 2.38. The number of carbonyl (C=O) groups excluding carboxylic acids is 1. The van der Waals surface area contributed by atoms with Gasteiger partial charge in [-0.1, -0.05) is 18.2 Å². The van der Waals surface area contributed by atoms with Gasteiger partial charge in [0.05, 0.1) is 12.0 Å². The second kappa shape index (κ2) is 7.32. The first kappa shape index (κ1) is 18.0. The zero-order valence-electron chi connectivity index (χ0n) is 15.5. The summed E-state index contributed by atoms with van der Waals surface area (Å²) in [5.41, 5.74) is 7.96. The molecule has 0 atom stereocenters. The van der Waals surface area contributed by atoms with Gasteiger partial charge in [-0.25, -0.2) is 4.98 Å². The zero-order chi connectivity index (χ0) is 19.7. The number of methoxy groups -OCH3 is 1. The zero-order valence-corrected chi connectivity index (χ0v) is 16.3. The van der Waals surface area contributed by atoms with Crippen LogP contribution in [0.4, 0.5) is 5.82 Å². The molecule has 3 aromatic heterocycles. The van der Waals surface area contributed by atoms with E-state index >= 15 is 0 Å². The Balaban J connectivity index is 1.59. The number of hydrogen-bond donors (Lipinski definition) is 2. The number of carbonyl (C=O) groups is 1. The number of thiophene rings is 1. The number of hydrogen-bond acceptors (Lipinski definition) is 6. The molecule has 8 heteroatoms. The summed E-state index contributed by atoms with van der Waals surface area (Å²) in [6, 6.07) is 14.8. The van der Waals surface area contributed by atoms with E-state index in [1.54, 1.807) is 35.1 Å². The Hall–Kier alpha value is -3.39. The molecule has 4 rings (SSSR count). The van der Waals surface area contributed by atoms with Crippen LogP contribution in [0.2, 0.25) is 0 Å². The lowest BCUT2D eigenvalue weighted by Crippen LogP contribution is -2.23. The van der Waals surface area contributed by atoms with Crippen molar-refractivity contribution >= 4 is 28.7 Å². The molecule has 3 heterocycles. The van der Waals surface area contributed by atoms with Crippen LogP contribution < -0.4 is 15.8 Å². The van der Waals surface area contributed by atoms with Crippen LogP contribution in [0.5, 0.6) is 5.75 Å². The van der Waals surface area contributed by atoms with E-state index in [-0.39, 0.29) is 5.91 Å². The van der Waals surface area contributed by atoms with Crippen molar-refractivity contribution in [2.75, 3.05) is 12.8 Å². The Labute approximate surface area is 165 Å². The number of amides is 1. The number of rotatable bonds is 5. The standard InChI is InChI=1S/C20H19N5O2S/c1-12-7-8-16(28-12)19-23-18-10-14(9-17(21)25(18)24-19)20(26)22-11-13-5-3-4-6-15(13)27-2/h3-10H,11,21H2,1-2H3,(H,22,26). The molecule has 1 aromatic carbocycles. The third-order valence-corrected chi connectivity index (χ3v) is 5.32. The van der Waals surface area contributed by atoms with Crippen molar-refractivity contribution in [3.05, 3.63) is 64.5 Å². The number of aryl methyl sites for hydroxylation is 1. The second-order valence-corrected chi connectivity index (χ2v) is 7.57. The van der Waals surface area contributed by atoms with E-state index in [1.165, 1.54) is 4.88 Å². The number of para-hydroxylation sites is 1. The van der Waals surface area contributed by atoms with Crippen LogP contribution in [-0.2, 0) is 6.54 Å². The van der Waals surface area contributed by atoms with E-state index < -0.39 is 0 Å². The molecule has 7 nitrogen and oxygen atoms in total. The van der Waals surface area contributed by atoms with Crippen LogP contribution in [0.15, 0.2) is 48.5 Å². The molecular formula is C20H19N5O2S. The molecule has 0 unspecified atom stereocenters. The van der Waals surface area contributed by atoms with Crippen molar-refractivity contribution in [3.8, 4) is 16.5 Å². The van der Waals surface area contributed by atoms with Crippen molar-refractivity contribution in [2.45, 2.75) is 13.5 Å². The molecule has 0 spiro atoms. The highest BCUT2D eigenvalue weighted by molar-refractivity contribution is 7.15. The third-order valence-electron chi connectivity index (χ3n) is 4.32. The van der Waals surface area contributed by atoms with E-state index in [1.807, 2.05) is 43.3 Å². The van der Waals surface area contributed by atoms with Gasteiger partial charge in [-0.15, -0.1) is 16.4 Å². The maximum Gasteiger partial charge on any atom is 0.251 e. The Morgan fingerprint density at radius 2 is 2.07 bits per heavy atom. The van der Waals surface area contributed by atoms with Gasteiger partial charge in [0.25, 0.3) is 5.91 Å². The van der Waals surface area contributed by atoms with Crippen molar-refractivity contribution < 1.29 is 9.53 Å². The lowest BCUT2D eigenvalue weighted by Gasteiger charge is -2.10. The molecule has 0 aliphatic rings. The summed E-state index contributed by atoms with van der Waals surface area (Å²) in [5, 5.41) is 7.35. The number of anilines is 1. The molecule has 0 saturated heterocycles. The van der Waals surface area contributed by atoms with Crippen molar-refractivity contribution in [2.24, 2.45) is 0 Å². The van der Waals surface area contributed by atoms with Crippen molar-refractivity contribution in [1.29, 1.82) is 0 Å². The average Bonchev–Trinajstić information content (AvgIpc) is 3.32. The third kappa shape index (κ3) is 3.41. The summed E-state index contributed by atoms with van der Waals surface area (Å²) in [6.07, 6.45) is 0. The Morgan fingerprint density at radius 3 is 2.82 bits per heavy atom. The lowest BCUT2D eigenvalue weighted by atomic mass is 10.2. The monoisotopic (exact) mass is 393 g/mol. The van der Waals surface area contributed by atoms with Gasteiger partial charge in [0, 0.05) is 22.5 Å². The minimum atomic E-state index is -0.239. The molecular weight excluding hydrogens is 374 g/mol. The lowest BCUT2D eigenvalue weighted by molar-refractivity contribution is 0.0950. The topological polar surface area (TPSA) is 94.5 Å². The molecule has 28 heavy (non-hydrogen) atoms. The SMILES string of the molecule is COc1ccccc1CNC(=O)c1cc(N)n2nc(-c3ccc(C)s3)nc2c1. The number of pyridine rings is 1. The van der Waals surface area contributed by atoms with Crippen LogP contribution in [0.3, 0.4) is 0 Å². The molecule has 0 fully saturated rings. The van der Waals surface area contributed by atoms with Crippen molar-refractivity contribution in [3.63, 3.8) is 0 Å². The van der Waals surface area contributed by atoms with Crippen LogP contribution >= 0.6 is 11.3 Å². The van der Waals surface area contributed by atoms with E-state index in [2.05, 4.69) is 15.4 Å². The number of nitrogen functional groups attached to an aromatic ring is 1. The van der Waals surface area contributed by atoms with Gasteiger partial charge >= 0.3 is 0 Å². The van der Waals surface area contributed by atoms with Crippen molar-refractivity contribution in [1.82, 2.24) is 19.9 Å². The van der Waals surface area contributed by atoms with Crippen LogP contribution in [0.25, 0.3) is 16.3 Å². The van der Waals surface area contributed by atoms with Crippen LogP contribution in [0.1, 0.15) is 20.8 Å². The fraction of sp³-hybridized carbons (Fsp3) is 0.150. The Kier molecular flexibility index (Phi) is 4.70. The Morgan fingerprint density at radius 1 is 1.25 bits per heavy atom. The number of nitrogens with two attached hydrogens (primary N) is 1. The van der Waals surface area contributed by atoms with Crippen LogP contribution in [-0.4, -0.2) is 27.6 Å². The normalized spacial score (nSPS) is 10.9. The van der Waals surface area contributed by atoms with E-state index in [4.69, 9.17) is 10.5 Å². The summed E-state index contributed by atoms with van der Waals surface area (Å²) >= 11 is 1.61. The largest absolute Gasteiger partial charge is 0.496 e. The number of ether oxygens (including phenoxy) is 1. The summed E-state index contributed by atoms with van der Waals surface area (Å²) in [5.74, 6) is 1.44. The van der Waals surface area contributed by atoms with Gasteiger partial charge < -0.3 is 15.8 Å². The predicted octanol–water partition coefficient (Wildman–Crippen LogP) is 3.29. The fourth-order valence-corrected chi connectivity index (χ4v) is 3.72. The number of benzene rings is 1. The molecule has 0 aliphatic carbocycles. The predicted molar refractivity (Wildman–Crippen MR) is 110 cm³/mol. The van der Waals surface area contributed by atoms with Gasteiger partial charge in [0.1, 0.15) is 11.6 Å². The molecule has 0 bridgehead atoms. The Bertz CT molecular complexity index is 1160. The number of nitrogens with zero attached hydrogens (tertiary/aromatic N) is 3. The van der Waals surface area contributed by atoms with E-state index in [0.29, 0.717) is 29.4 Å². The quantitative estimate of drug-likeness (QED) is 0.543. The van der Waals surface area contributed by atoms with Gasteiger partial charge in [0.15, 0.2) is 11.5 Å². The maximum atomic E-state index is 12.6. The van der Waals surface area contributed by atoms with Crippen LogP contribution in [0, 0.1) is 6.92 Å². The van der Waals surface area contributed by atoms with Gasteiger partial charge in [-0.05, 0) is 37.3 Å². The minimum absolute atomic E-state index is 0.239. The summed E-state index contributed by atoms with van der Waals surface area (Å²) in [4.78, 5) is 19.3. The first-order valence-corrected chi connectivity index (χ1v) is 9.50. The minimum Gasteiger partial charge on any atom is -0.496 e. The maximum absolute atomic E-state index is 12.6. The van der Waals surface area contributed by atoms with Gasteiger partial charge in [0.2, 0.25) is 0 Å². The summed E-state index contributed by atoms with van der Waals surface area (Å²) < 4.78 is 6.86. The molecule has 3 N–H and O–H groups in total. The van der Waals surface area contributed by atoms with E-state index in [9.17, 15) is 4.79 Å². The van der Waals surface area contributed by atoms with E-state index in [0.717, 1.165) is 16.2 Å². The fourth-order valence-electron chi connectivity index (χ4n) is 2.93. The highest BCUT2D eigenvalue weighted by atomic mass is 32.1. The first-order valence-electron chi connectivity index (χ1n) is 8.68.